The van der Waals surface area contributed by atoms with Gasteiger partial charge in [0.25, 0.3) is 0 Å². The van der Waals surface area contributed by atoms with Gasteiger partial charge in [0.05, 0.1) is 5.69 Å². The molecule has 0 aliphatic heterocycles. The molecule has 2 aromatic rings. The van der Waals surface area contributed by atoms with Gasteiger partial charge in [0, 0.05) is 5.69 Å². The second kappa shape index (κ2) is 5.12. The third kappa shape index (κ3) is 2.74. The highest BCUT2D eigenvalue weighted by molar-refractivity contribution is 5.75. The molecule has 0 saturated carbocycles. The number of para-hydroxylation sites is 1. The van der Waals surface area contributed by atoms with E-state index in [1.807, 2.05) is 24.3 Å². The maximum atomic E-state index is 13.9. The number of hydrogen-bond acceptors (Lipinski definition) is 2. The fraction of sp³-hybridized carbons (Fsp3) is 0.250. The van der Waals surface area contributed by atoms with Gasteiger partial charge in [0.15, 0.2) is 11.6 Å². The van der Waals surface area contributed by atoms with Crippen LogP contribution in [0.15, 0.2) is 36.4 Å². The summed E-state index contributed by atoms with van der Waals surface area (Å²) in [4.78, 5) is 0. The number of benzene rings is 2. The number of nitrogens with one attached hydrogen (secondary N) is 1. The second-order valence-corrected chi connectivity index (χ2v) is 5.75. The minimum Gasteiger partial charge on any atom is -0.397 e. The molecule has 0 fully saturated rings. The Morgan fingerprint density at radius 3 is 2.30 bits per heavy atom. The van der Waals surface area contributed by atoms with Gasteiger partial charge in [0.1, 0.15) is 5.69 Å². The van der Waals surface area contributed by atoms with Gasteiger partial charge in [-0.25, -0.2) is 8.78 Å². The number of anilines is 3. The molecule has 0 spiro atoms. The van der Waals surface area contributed by atoms with Gasteiger partial charge in [-0.3, -0.25) is 0 Å². The third-order valence-electron chi connectivity index (χ3n) is 3.12. The van der Waals surface area contributed by atoms with Crippen LogP contribution in [-0.2, 0) is 5.41 Å². The first-order chi connectivity index (χ1) is 9.30. The fourth-order valence-corrected chi connectivity index (χ4v) is 2.07. The van der Waals surface area contributed by atoms with Gasteiger partial charge in [-0.15, -0.1) is 0 Å². The lowest BCUT2D eigenvalue weighted by molar-refractivity contribution is 0.512. The molecule has 0 aromatic heterocycles. The summed E-state index contributed by atoms with van der Waals surface area (Å²) in [5.41, 5.74) is 7.47. The van der Waals surface area contributed by atoms with E-state index in [0.29, 0.717) is 0 Å². The molecule has 3 N–H and O–H groups in total. The van der Waals surface area contributed by atoms with Gasteiger partial charge in [-0.2, -0.15) is 0 Å². The summed E-state index contributed by atoms with van der Waals surface area (Å²) >= 11 is 0. The summed E-state index contributed by atoms with van der Waals surface area (Å²) < 4.78 is 27.2. The van der Waals surface area contributed by atoms with Crippen LogP contribution in [-0.4, -0.2) is 0 Å². The standard InChI is InChI=1S/C16H18F2N2/c1-16(2,3)10-6-4-5-7-13(10)20-15-12(19)9-8-11(17)14(15)18/h4-9,20H,19H2,1-3H3. The van der Waals surface area contributed by atoms with E-state index in [2.05, 4.69) is 26.1 Å². The fourth-order valence-electron chi connectivity index (χ4n) is 2.07. The zero-order valence-corrected chi connectivity index (χ0v) is 11.8. The maximum Gasteiger partial charge on any atom is 0.184 e. The molecule has 0 saturated heterocycles. The van der Waals surface area contributed by atoms with Crippen molar-refractivity contribution in [3.05, 3.63) is 53.6 Å². The molecule has 20 heavy (non-hydrogen) atoms. The van der Waals surface area contributed by atoms with Crippen molar-refractivity contribution in [2.45, 2.75) is 26.2 Å². The topological polar surface area (TPSA) is 38.0 Å². The molecule has 0 radical (unpaired) electrons. The predicted molar refractivity (Wildman–Crippen MR) is 79.2 cm³/mol. The van der Waals surface area contributed by atoms with Gasteiger partial charge in [0.2, 0.25) is 0 Å². The zero-order valence-electron chi connectivity index (χ0n) is 11.8. The summed E-state index contributed by atoms with van der Waals surface area (Å²) in [7, 11) is 0. The molecule has 2 aromatic carbocycles. The lowest BCUT2D eigenvalue weighted by Gasteiger charge is -2.24. The van der Waals surface area contributed by atoms with Gasteiger partial charge >= 0.3 is 0 Å². The van der Waals surface area contributed by atoms with Crippen LogP contribution >= 0.6 is 0 Å². The van der Waals surface area contributed by atoms with E-state index >= 15 is 0 Å². The molecule has 2 rings (SSSR count). The highest BCUT2D eigenvalue weighted by atomic mass is 19.2. The van der Waals surface area contributed by atoms with E-state index in [1.165, 1.54) is 6.07 Å². The Hall–Kier alpha value is -2.10. The van der Waals surface area contributed by atoms with Crippen molar-refractivity contribution in [1.82, 2.24) is 0 Å². The molecule has 0 aliphatic carbocycles. The van der Waals surface area contributed by atoms with Crippen LogP contribution < -0.4 is 11.1 Å². The van der Waals surface area contributed by atoms with Crippen LogP contribution in [0, 0.1) is 11.6 Å². The first-order valence-corrected chi connectivity index (χ1v) is 6.40. The van der Waals surface area contributed by atoms with Crippen LogP contribution in [0.4, 0.5) is 25.8 Å². The molecule has 0 atom stereocenters. The minimum absolute atomic E-state index is 0.0262. The Morgan fingerprint density at radius 2 is 1.65 bits per heavy atom. The van der Waals surface area contributed by atoms with Crippen molar-refractivity contribution in [1.29, 1.82) is 0 Å². The largest absolute Gasteiger partial charge is 0.397 e. The van der Waals surface area contributed by atoms with E-state index < -0.39 is 11.6 Å². The number of nitrogens with two attached hydrogens (primary N) is 1. The van der Waals surface area contributed by atoms with E-state index in [0.717, 1.165) is 17.3 Å². The zero-order chi connectivity index (χ0) is 14.9. The van der Waals surface area contributed by atoms with E-state index in [1.54, 1.807) is 0 Å². The molecule has 2 nitrogen and oxygen atoms in total. The number of nitrogen functional groups attached to an aromatic ring is 1. The molecule has 106 valence electrons. The third-order valence-corrected chi connectivity index (χ3v) is 3.12. The van der Waals surface area contributed by atoms with Crippen molar-refractivity contribution >= 4 is 17.1 Å². The summed E-state index contributed by atoms with van der Waals surface area (Å²) in [5.74, 6) is -1.89. The summed E-state index contributed by atoms with van der Waals surface area (Å²) in [5, 5.41) is 2.92. The molecule has 0 aliphatic rings. The first-order valence-electron chi connectivity index (χ1n) is 6.40. The highest BCUT2D eigenvalue weighted by Crippen LogP contribution is 2.34. The number of rotatable bonds is 2. The van der Waals surface area contributed by atoms with Crippen molar-refractivity contribution in [3.63, 3.8) is 0 Å². The van der Waals surface area contributed by atoms with Gasteiger partial charge < -0.3 is 11.1 Å². The lowest BCUT2D eigenvalue weighted by atomic mass is 9.86. The van der Waals surface area contributed by atoms with Gasteiger partial charge in [-0.05, 0) is 29.2 Å². The van der Waals surface area contributed by atoms with Crippen LogP contribution in [0.3, 0.4) is 0 Å². The van der Waals surface area contributed by atoms with Gasteiger partial charge in [-0.1, -0.05) is 39.0 Å². The number of halogens is 2. The van der Waals surface area contributed by atoms with Crippen LogP contribution in [0.1, 0.15) is 26.3 Å². The average Bonchev–Trinajstić information content (AvgIpc) is 2.38. The molecular weight excluding hydrogens is 258 g/mol. The quantitative estimate of drug-likeness (QED) is 0.787. The maximum absolute atomic E-state index is 13.9. The molecule has 0 bridgehead atoms. The van der Waals surface area contributed by atoms with E-state index in [4.69, 9.17) is 5.73 Å². The Balaban J connectivity index is 2.49. The van der Waals surface area contributed by atoms with Crippen LogP contribution in [0.25, 0.3) is 0 Å². The summed E-state index contributed by atoms with van der Waals surface area (Å²) in [6, 6.07) is 9.90. The van der Waals surface area contributed by atoms with Crippen molar-refractivity contribution in [2.75, 3.05) is 11.1 Å². The molecule has 4 heteroatoms. The predicted octanol–water partition coefficient (Wildman–Crippen LogP) is 4.59. The molecular formula is C16H18F2N2. The summed E-state index contributed by atoms with van der Waals surface area (Å²) in [6.07, 6.45) is 0. The average molecular weight is 276 g/mol. The Bertz CT molecular complexity index is 631. The van der Waals surface area contributed by atoms with E-state index in [-0.39, 0.29) is 16.8 Å². The lowest BCUT2D eigenvalue weighted by Crippen LogP contribution is -2.14. The van der Waals surface area contributed by atoms with Crippen molar-refractivity contribution in [2.24, 2.45) is 0 Å². The van der Waals surface area contributed by atoms with Crippen molar-refractivity contribution < 1.29 is 8.78 Å². The Morgan fingerprint density at radius 1 is 1.00 bits per heavy atom. The Labute approximate surface area is 117 Å². The normalized spacial score (nSPS) is 11.4. The summed E-state index contributed by atoms with van der Waals surface area (Å²) in [6.45, 7) is 6.16. The monoisotopic (exact) mass is 276 g/mol. The smallest absolute Gasteiger partial charge is 0.184 e. The first kappa shape index (κ1) is 14.3. The minimum atomic E-state index is -0.964. The highest BCUT2D eigenvalue weighted by Gasteiger charge is 2.19. The number of hydrogen-bond donors (Lipinski definition) is 2. The van der Waals surface area contributed by atoms with Crippen LogP contribution in [0.2, 0.25) is 0 Å². The molecule has 0 heterocycles. The van der Waals surface area contributed by atoms with E-state index in [9.17, 15) is 8.78 Å². The molecule has 0 unspecified atom stereocenters. The molecule has 0 amide bonds. The SMILES string of the molecule is CC(C)(C)c1ccccc1Nc1c(N)ccc(F)c1F. The Kier molecular flexibility index (Phi) is 3.66. The van der Waals surface area contributed by atoms with Crippen molar-refractivity contribution in [3.8, 4) is 0 Å². The van der Waals surface area contributed by atoms with Crippen LogP contribution in [0.5, 0.6) is 0 Å². The second-order valence-electron chi connectivity index (χ2n) is 5.75.